The zero-order valence-corrected chi connectivity index (χ0v) is 11.9. The third kappa shape index (κ3) is 4.36. The maximum absolute atomic E-state index is 11.9. The van der Waals surface area contributed by atoms with Crippen molar-refractivity contribution >= 4 is 26.0 Å². The van der Waals surface area contributed by atoms with Crippen molar-refractivity contribution in [1.82, 2.24) is 4.72 Å². The normalized spacial score (nSPS) is 12.0. The van der Waals surface area contributed by atoms with Crippen LogP contribution < -0.4 is 4.72 Å². The van der Waals surface area contributed by atoms with E-state index in [1.54, 1.807) is 12.1 Å². The van der Waals surface area contributed by atoms with E-state index in [2.05, 4.69) is 20.7 Å². The molecular formula is C10H14BrNO4S. The monoisotopic (exact) mass is 323 g/mol. The van der Waals surface area contributed by atoms with Crippen LogP contribution in [0.3, 0.4) is 0 Å². The molecule has 0 spiro atoms. The quantitative estimate of drug-likeness (QED) is 0.802. The summed E-state index contributed by atoms with van der Waals surface area (Å²) < 4.78 is 36.7. The Bertz CT molecular complexity index is 459. The summed E-state index contributed by atoms with van der Waals surface area (Å²) in [7, 11) is -0.646. The lowest BCUT2D eigenvalue weighted by Crippen LogP contribution is -2.34. The van der Waals surface area contributed by atoms with Gasteiger partial charge in [-0.2, -0.15) is 0 Å². The molecule has 0 bridgehead atoms. The number of ether oxygens (including phenoxy) is 2. The van der Waals surface area contributed by atoms with Gasteiger partial charge in [-0.1, -0.05) is 22.0 Å². The summed E-state index contributed by atoms with van der Waals surface area (Å²) >= 11 is 3.22. The van der Waals surface area contributed by atoms with Gasteiger partial charge in [-0.05, 0) is 18.2 Å². The number of rotatable bonds is 6. The minimum Gasteiger partial charge on any atom is -0.355 e. The average Bonchev–Trinajstić information content (AvgIpc) is 2.30. The maximum Gasteiger partial charge on any atom is 0.240 e. The molecular weight excluding hydrogens is 310 g/mol. The molecule has 0 fully saturated rings. The van der Waals surface area contributed by atoms with Crippen molar-refractivity contribution in [3.63, 3.8) is 0 Å². The SMILES string of the molecule is COC(CNS(=O)(=O)c1cccc(Br)c1)OC. The molecule has 0 atom stereocenters. The van der Waals surface area contributed by atoms with Crippen LogP contribution in [0.2, 0.25) is 0 Å². The van der Waals surface area contributed by atoms with Crippen LogP contribution in [-0.4, -0.2) is 35.5 Å². The highest BCUT2D eigenvalue weighted by Crippen LogP contribution is 2.15. The molecule has 96 valence electrons. The second-order valence-corrected chi connectivity index (χ2v) is 5.89. The first-order valence-corrected chi connectivity index (χ1v) is 7.08. The Morgan fingerprint density at radius 3 is 2.53 bits per heavy atom. The van der Waals surface area contributed by atoms with Crippen LogP contribution in [0.15, 0.2) is 33.6 Å². The van der Waals surface area contributed by atoms with Crippen LogP contribution in [0.25, 0.3) is 0 Å². The molecule has 0 aliphatic rings. The van der Waals surface area contributed by atoms with Gasteiger partial charge >= 0.3 is 0 Å². The highest BCUT2D eigenvalue weighted by molar-refractivity contribution is 9.10. The van der Waals surface area contributed by atoms with E-state index >= 15 is 0 Å². The molecule has 0 heterocycles. The van der Waals surface area contributed by atoms with Gasteiger partial charge in [0.15, 0.2) is 6.29 Å². The molecule has 1 N–H and O–H groups in total. The minimum atomic E-state index is -3.54. The molecule has 0 radical (unpaired) electrons. The summed E-state index contributed by atoms with van der Waals surface area (Å²) in [6, 6.07) is 6.45. The predicted molar refractivity (Wildman–Crippen MR) is 67.1 cm³/mol. The molecule has 0 aliphatic carbocycles. The molecule has 17 heavy (non-hydrogen) atoms. The van der Waals surface area contributed by atoms with Gasteiger partial charge in [-0.3, -0.25) is 0 Å². The zero-order valence-electron chi connectivity index (χ0n) is 9.51. The second-order valence-electron chi connectivity index (χ2n) is 3.21. The molecule has 7 heteroatoms. The van der Waals surface area contributed by atoms with Gasteiger partial charge < -0.3 is 9.47 Å². The van der Waals surface area contributed by atoms with E-state index in [1.807, 2.05) is 0 Å². The van der Waals surface area contributed by atoms with Crippen molar-refractivity contribution in [3.8, 4) is 0 Å². The van der Waals surface area contributed by atoms with Crippen LogP contribution in [0.1, 0.15) is 0 Å². The van der Waals surface area contributed by atoms with Gasteiger partial charge in [0, 0.05) is 18.7 Å². The summed E-state index contributed by atoms with van der Waals surface area (Å²) in [5.41, 5.74) is 0. The number of halogens is 1. The summed E-state index contributed by atoms with van der Waals surface area (Å²) in [6.45, 7) is 0.0574. The fourth-order valence-electron chi connectivity index (χ4n) is 1.16. The summed E-state index contributed by atoms with van der Waals surface area (Å²) in [5, 5.41) is 0. The summed E-state index contributed by atoms with van der Waals surface area (Å²) in [6.07, 6.45) is -0.600. The summed E-state index contributed by atoms with van der Waals surface area (Å²) in [5.74, 6) is 0. The largest absolute Gasteiger partial charge is 0.355 e. The van der Waals surface area contributed by atoms with Crippen LogP contribution in [-0.2, 0) is 19.5 Å². The maximum atomic E-state index is 11.9. The van der Waals surface area contributed by atoms with Gasteiger partial charge in [0.2, 0.25) is 10.0 Å². The first-order valence-electron chi connectivity index (χ1n) is 4.80. The Kier molecular flexibility index (Phi) is 5.54. The van der Waals surface area contributed by atoms with Gasteiger partial charge in [0.05, 0.1) is 11.4 Å². The first kappa shape index (κ1) is 14.6. The van der Waals surface area contributed by atoms with E-state index in [9.17, 15) is 8.42 Å². The molecule has 0 saturated carbocycles. The van der Waals surface area contributed by atoms with E-state index in [0.717, 1.165) is 0 Å². The van der Waals surface area contributed by atoms with Gasteiger partial charge in [-0.25, -0.2) is 13.1 Å². The van der Waals surface area contributed by atoms with Crippen molar-refractivity contribution < 1.29 is 17.9 Å². The minimum absolute atomic E-state index is 0.0574. The lowest BCUT2D eigenvalue weighted by atomic mass is 10.4. The lowest BCUT2D eigenvalue weighted by molar-refractivity contribution is -0.0960. The number of hydrogen-bond acceptors (Lipinski definition) is 4. The molecule has 0 unspecified atom stereocenters. The Balaban J connectivity index is 2.76. The molecule has 0 amide bonds. The number of methoxy groups -OCH3 is 2. The number of nitrogens with one attached hydrogen (secondary N) is 1. The van der Waals surface area contributed by atoms with Gasteiger partial charge in [0.1, 0.15) is 0 Å². The standard InChI is InChI=1S/C10H14BrNO4S/c1-15-10(16-2)7-12-17(13,14)9-5-3-4-8(11)6-9/h3-6,10,12H,7H2,1-2H3. The molecule has 5 nitrogen and oxygen atoms in total. The number of benzene rings is 1. The smallest absolute Gasteiger partial charge is 0.240 e. The number of sulfonamides is 1. The van der Waals surface area contributed by atoms with Crippen molar-refractivity contribution in [2.45, 2.75) is 11.2 Å². The highest BCUT2D eigenvalue weighted by Gasteiger charge is 2.16. The van der Waals surface area contributed by atoms with Crippen LogP contribution in [0.4, 0.5) is 0 Å². The third-order valence-corrected chi connectivity index (χ3v) is 3.99. The Hall–Kier alpha value is -0.470. The first-order chi connectivity index (χ1) is 7.99. The van der Waals surface area contributed by atoms with Crippen LogP contribution in [0, 0.1) is 0 Å². The van der Waals surface area contributed by atoms with E-state index in [4.69, 9.17) is 9.47 Å². The molecule has 0 aromatic heterocycles. The molecule has 1 aromatic carbocycles. The Labute approximate surface area is 109 Å². The van der Waals surface area contributed by atoms with Crippen molar-refractivity contribution in [2.24, 2.45) is 0 Å². The van der Waals surface area contributed by atoms with E-state index < -0.39 is 16.3 Å². The van der Waals surface area contributed by atoms with Crippen molar-refractivity contribution in [1.29, 1.82) is 0 Å². The third-order valence-electron chi connectivity index (χ3n) is 2.07. The fraction of sp³-hybridized carbons (Fsp3) is 0.400. The van der Waals surface area contributed by atoms with Crippen molar-refractivity contribution in [2.75, 3.05) is 20.8 Å². The molecule has 1 rings (SSSR count). The zero-order chi connectivity index (χ0) is 12.9. The lowest BCUT2D eigenvalue weighted by Gasteiger charge is -2.14. The number of hydrogen-bond donors (Lipinski definition) is 1. The van der Waals surface area contributed by atoms with Crippen LogP contribution >= 0.6 is 15.9 Å². The van der Waals surface area contributed by atoms with Crippen LogP contribution in [0.5, 0.6) is 0 Å². The summed E-state index contributed by atoms with van der Waals surface area (Å²) in [4.78, 5) is 0.192. The Morgan fingerprint density at radius 2 is 2.00 bits per heavy atom. The van der Waals surface area contributed by atoms with E-state index in [0.29, 0.717) is 4.47 Å². The van der Waals surface area contributed by atoms with E-state index in [1.165, 1.54) is 26.4 Å². The Morgan fingerprint density at radius 1 is 1.35 bits per heavy atom. The van der Waals surface area contributed by atoms with Crippen molar-refractivity contribution in [3.05, 3.63) is 28.7 Å². The van der Waals surface area contributed by atoms with Gasteiger partial charge in [0.25, 0.3) is 0 Å². The second kappa shape index (κ2) is 6.46. The van der Waals surface area contributed by atoms with Gasteiger partial charge in [-0.15, -0.1) is 0 Å². The molecule has 0 aliphatic heterocycles. The average molecular weight is 324 g/mol. The fourth-order valence-corrected chi connectivity index (χ4v) is 2.77. The highest BCUT2D eigenvalue weighted by atomic mass is 79.9. The van der Waals surface area contributed by atoms with E-state index in [-0.39, 0.29) is 11.4 Å². The predicted octanol–water partition coefficient (Wildman–Crippen LogP) is 1.35. The molecule has 0 saturated heterocycles. The molecule has 1 aromatic rings. The topological polar surface area (TPSA) is 64.6 Å².